The van der Waals surface area contributed by atoms with E-state index in [1.807, 2.05) is 0 Å². The number of hydrogen-bond acceptors (Lipinski definition) is 3. The molecule has 2 unspecified atom stereocenters. The van der Waals surface area contributed by atoms with E-state index < -0.39 is 9.83 Å². The zero-order chi connectivity index (χ0) is 8.39. The van der Waals surface area contributed by atoms with Gasteiger partial charge >= 0.3 is 0 Å². The first-order valence-corrected chi connectivity index (χ1v) is 7.44. The second kappa shape index (κ2) is 4.11. The summed E-state index contributed by atoms with van der Waals surface area (Å²) in [6, 6.07) is 0.621. The topological polar surface area (TPSA) is 20.3 Å². The molecular weight excluding hydrogens is 190 g/mol. The van der Waals surface area contributed by atoms with Crippen molar-refractivity contribution in [2.45, 2.75) is 25.3 Å². The van der Waals surface area contributed by atoms with Crippen LogP contribution >= 0.6 is 10.8 Å². The molecule has 2 fully saturated rings. The first-order valence-electron chi connectivity index (χ1n) is 4.62. The third kappa shape index (κ3) is 2.03. The molecule has 2 heterocycles. The van der Waals surface area contributed by atoms with Gasteiger partial charge in [0.05, 0.1) is 15.6 Å². The van der Waals surface area contributed by atoms with Gasteiger partial charge in [-0.1, -0.05) is 17.2 Å². The van der Waals surface area contributed by atoms with Gasteiger partial charge in [-0.05, 0) is 25.9 Å². The van der Waals surface area contributed by atoms with Crippen molar-refractivity contribution in [1.82, 2.24) is 4.90 Å². The summed E-state index contributed by atoms with van der Waals surface area (Å²) < 4.78 is 11.1. The lowest BCUT2D eigenvalue weighted by molar-refractivity contribution is 0.191. The van der Waals surface area contributed by atoms with Crippen molar-refractivity contribution in [3.63, 3.8) is 0 Å². The average Bonchev–Trinajstić information content (AvgIpc) is 2.54. The third-order valence-electron chi connectivity index (χ3n) is 2.63. The number of nitrogens with zero attached hydrogens (tertiary/aromatic N) is 1. The Bertz CT molecular complexity index is 180. The summed E-state index contributed by atoms with van der Waals surface area (Å²) in [6.07, 6.45) is 4.07. The van der Waals surface area contributed by atoms with E-state index in [0.29, 0.717) is 6.04 Å². The first kappa shape index (κ1) is 9.03. The van der Waals surface area contributed by atoms with Crippen LogP contribution in [0.4, 0.5) is 0 Å². The molecule has 0 N–H and O–H groups in total. The van der Waals surface area contributed by atoms with Crippen LogP contribution < -0.4 is 0 Å². The van der Waals surface area contributed by atoms with Crippen LogP contribution in [0.25, 0.3) is 0 Å². The summed E-state index contributed by atoms with van der Waals surface area (Å²) in [5.74, 6) is 2.00. The molecule has 2 atom stereocenters. The van der Waals surface area contributed by atoms with Crippen LogP contribution in [-0.4, -0.2) is 39.7 Å². The van der Waals surface area contributed by atoms with Gasteiger partial charge in [-0.15, -0.1) is 0 Å². The molecule has 4 heteroatoms. The summed E-state index contributed by atoms with van der Waals surface area (Å²) >= 11 is 0. The monoisotopic (exact) mass is 205 g/mol. The highest BCUT2D eigenvalue weighted by atomic mass is 33.1. The largest absolute Gasteiger partial charge is 0.299 e. The highest BCUT2D eigenvalue weighted by molar-refractivity contribution is 8.69. The van der Waals surface area contributed by atoms with E-state index in [9.17, 15) is 4.21 Å². The van der Waals surface area contributed by atoms with E-state index >= 15 is 0 Å². The van der Waals surface area contributed by atoms with Gasteiger partial charge in [0.2, 0.25) is 0 Å². The smallest absolute Gasteiger partial charge is 0.0820 e. The Morgan fingerprint density at radius 1 is 1.25 bits per heavy atom. The maximum Gasteiger partial charge on any atom is 0.0820 e. The lowest BCUT2D eigenvalue weighted by Crippen LogP contribution is -2.41. The number of hydrogen-bond donors (Lipinski definition) is 0. The van der Waals surface area contributed by atoms with Crippen LogP contribution in [0, 0.1) is 0 Å². The van der Waals surface area contributed by atoms with E-state index in [4.69, 9.17) is 0 Å². The van der Waals surface area contributed by atoms with Crippen molar-refractivity contribution in [3.05, 3.63) is 0 Å². The van der Waals surface area contributed by atoms with E-state index in [2.05, 4.69) is 4.90 Å². The zero-order valence-corrected chi connectivity index (χ0v) is 8.83. The van der Waals surface area contributed by atoms with E-state index in [-0.39, 0.29) is 0 Å². The highest BCUT2D eigenvalue weighted by Crippen LogP contribution is 2.25. The minimum atomic E-state index is -0.580. The molecule has 0 amide bonds. The Morgan fingerprint density at radius 2 is 2.00 bits per heavy atom. The van der Waals surface area contributed by atoms with Gasteiger partial charge in [-0.3, -0.25) is 4.90 Å². The Hall–Kier alpha value is 0.460. The molecule has 0 aliphatic carbocycles. The molecule has 12 heavy (non-hydrogen) atoms. The van der Waals surface area contributed by atoms with Gasteiger partial charge in [0.15, 0.2) is 0 Å². The second-order valence-electron chi connectivity index (χ2n) is 3.51. The van der Waals surface area contributed by atoms with Gasteiger partial charge in [0.25, 0.3) is 0 Å². The molecule has 70 valence electrons. The summed E-state index contributed by atoms with van der Waals surface area (Å²) in [5, 5.41) is 0. The number of rotatable bonds is 1. The van der Waals surface area contributed by atoms with Crippen LogP contribution in [0.15, 0.2) is 0 Å². The van der Waals surface area contributed by atoms with Gasteiger partial charge < -0.3 is 0 Å². The fourth-order valence-corrected chi connectivity index (χ4v) is 5.11. The molecule has 0 aromatic rings. The highest BCUT2D eigenvalue weighted by Gasteiger charge is 2.28. The van der Waals surface area contributed by atoms with Gasteiger partial charge in [-0.2, -0.15) is 0 Å². The minimum Gasteiger partial charge on any atom is -0.299 e. The van der Waals surface area contributed by atoms with Crippen LogP contribution in [-0.2, 0) is 9.83 Å². The van der Waals surface area contributed by atoms with Crippen molar-refractivity contribution in [2.75, 3.05) is 24.6 Å². The van der Waals surface area contributed by atoms with Crippen molar-refractivity contribution in [2.24, 2.45) is 0 Å². The van der Waals surface area contributed by atoms with Gasteiger partial charge in [-0.25, -0.2) is 4.21 Å². The predicted octanol–water partition coefficient (Wildman–Crippen LogP) is 1.25. The van der Waals surface area contributed by atoms with Crippen LogP contribution in [0.1, 0.15) is 19.3 Å². The molecule has 2 rings (SSSR count). The molecule has 0 radical (unpaired) electrons. The molecule has 0 aromatic carbocycles. The maximum absolute atomic E-state index is 11.1. The van der Waals surface area contributed by atoms with Gasteiger partial charge in [0.1, 0.15) is 0 Å². The predicted molar refractivity (Wildman–Crippen MR) is 54.7 cm³/mol. The van der Waals surface area contributed by atoms with Crippen molar-refractivity contribution in [1.29, 1.82) is 0 Å². The van der Waals surface area contributed by atoms with Crippen molar-refractivity contribution in [3.8, 4) is 0 Å². The minimum absolute atomic E-state index is 0.580. The van der Waals surface area contributed by atoms with Crippen molar-refractivity contribution >= 4 is 20.6 Å². The molecule has 0 bridgehead atoms. The molecule has 0 saturated carbocycles. The Labute approximate surface area is 79.9 Å². The lowest BCUT2D eigenvalue weighted by atomic mass is 10.1. The number of piperidine rings is 1. The van der Waals surface area contributed by atoms with Crippen LogP contribution in [0.2, 0.25) is 0 Å². The average molecular weight is 205 g/mol. The summed E-state index contributed by atoms with van der Waals surface area (Å²) in [4.78, 5) is 2.53. The fraction of sp³-hybridized carbons (Fsp3) is 1.00. The Balaban J connectivity index is 1.86. The molecule has 0 aromatic heterocycles. The standard InChI is InChI=1S/C8H15NOS2/c10-12-7-8(6-11-12)9-4-2-1-3-5-9/h8H,1-7H2. The summed E-state index contributed by atoms with van der Waals surface area (Å²) in [7, 11) is 1.05. The molecule has 2 nitrogen and oxygen atoms in total. The lowest BCUT2D eigenvalue weighted by Gasteiger charge is -2.30. The van der Waals surface area contributed by atoms with Crippen molar-refractivity contribution < 1.29 is 4.21 Å². The zero-order valence-electron chi connectivity index (χ0n) is 7.20. The Kier molecular flexibility index (Phi) is 3.10. The van der Waals surface area contributed by atoms with Crippen LogP contribution in [0.5, 0.6) is 0 Å². The van der Waals surface area contributed by atoms with E-state index in [0.717, 1.165) is 11.5 Å². The SMILES string of the molecule is O=S1CC(N2CCCCC2)CS1. The summed E-state index contributed by atoms with van der Waals surface area (Å²) in [5.41, 5.74) is 0. The molecular formula is C8H15NOS2. The number of likely N-dealkylation sites (tertiary alicyclic amines) is 1. The van der Waals surface area contributed by atoms with Gasteiger partial charge in [0, 0.05) is 11.8 Å². The summed E-state index contributed by atoms with van der Waals surface area (Å²) in [6.45, 7) is 2.48. The fourth-order valence-electron chi connectivity index (χ4n) is 1.90. The molecule has 2 aliphatic heterocycles. The van der Waals surface area contributed by atoms with Crippen LogP contribution in [0.3, 0.4) is 0 Å². The molecule has 0 spiro atoms. The third-order valence-corrected chi connectivity index (χ3v) is 5.67. The van der Waals surface area contributed by atoms with E-state index in [1.54, 1.807) is 10.8 Å². The Morgan fingerprint density at radius 3 is 2.58 bits per heavy atom. The second-order valence-corrected chi connectivity index (χ2v) is 6.84. The van der Waals surface area contributed by atoms with E-state index in [1.165, 1.54) is 32.4 Å². The normalized spacial score (nSPS) is 38.7. The molecule has 2 aliphatic rings. The molecule has 2 saturated heterocycles. The quantitative estimate of drug-likeness (QED) is 0.601. The first-order chi connectivity index (χ1) is 5.86. The maximum atomic E-state index is 11.1.